The van der Waals surface area contributed by atoms with E-state index >= 15 is 0 Å². The predicted octanol–water partition coefficient (Wildman–Crippen LogP) is 4.17. The number of nitrogens with one attached hydrogen (secondary N) is 1. The minimum atomic E-state index is -0.464. The predicted molar refractivity (Wildman–Crippen MR) is 109 cm³/mol. The fourth-order valence-electron chi connectivity index (χ4n) is 2.63. The lowest BCUT2D eigenvalue weighted by Crippen LogP contribution is -2.31. The van der Waals surface area contributed by atoms with Crippen LogP contribution < -0.4 is 10.1 Å². The summed E-state index contributed by atoms with van der Waals surface area (Å²) in [7, 11) is 0. The maximum atomic E-state index is 11.9. The maximum Gasteiger partial charge on any atom is 0.309 e. The number of carbonyl (C=O) groups is 2. The van der Waals surface area contributed by atoms with Crippen molar-refractivity contribution in [3.63, 3.8) is 0 Å². The van der Waals surface area contributed by atoms with Crippen LogP contribution in [0.5, 0.6) is 5.75 Å². The highest BCUT2D eigenvalue weighted by atomic mass is 16.5. The van der Waals surface area contributed by atoms with E-state index in [-0.39, 0.29) is 37.0 Å². The molecule has 5 heteroatoms. The molecule has 0 bridgehead atoms. The Balaban J connectivity index is 1.66. The van der Waals surface area contributed by atoms with Crippen LogP contribution in [0.4, 0.5) is 0 Å². The highest BCUT2D eigenvalue weighted by Gasteiger charge is 2.14. The lowest BCUT2D eigenvalue weighted by atomic mass is 9.87. The first-order valence-electron chi connectivity index (χ1n) is 9.49. The van der Waals surface area contributed by atoms with E-state index in [4.69, 9.17) is 9.47 Å². The molecule has 0 saturated heterocycles. The minimum Gasteiger partial charge on any atom is -0.493 e. The van der Waals surface area contributed by atoms with Gasteiger partial charge in [0.2, 0.25) is 0 Å². The molecule has 28 heavy (non-hydrogen) atoms. The molecular formula is C23H29NO4. The molecule has 2 aromatic carbocycles. The average molecular weight is 383 g/mol. The van der Waals surface area contributed by atoms with Crippen LogP contribution in [-0.2, 0) is 19.7 Å². The summed E-state index contributed by atoms with van der Waals surface area (Å²) in [6.07, 6.45) is 0.0859. The first-order valence-corrected chi connectivity index (χ1v) is 9.49. The maximum absolute atomic E-state index is 11.9. The topological polar surface area (TPSA) is 64.6 Å². The molecule has 0 saturated carbocycles. The van der Waals surface area contributed by atoms with E-state index < -0.39 is 5.97 Å². The van der Waals surface area contributed by atoms with E-state index in [2.05, 4.69) is 26.1 Å². The second-order valence-corrected chi connectivity index (χ2v) is 7.73. The first kappa shape index (κ1) is 21.5. The zero-order valence-electron chi connectivity index (χ0n) is 17.0. The number of carbonyl (C=O) groups excluding carboxylic acids is 2. The Kier molecular flexibility index (Phi) is 7.61. The van der Waals surface area contributed by atoms with Crippen LogP contribution >= 0.6 is 0 Å². The number of benzene rings is 2. The van der Waals surface area contributed by atoms with Crippen molar-refractivity contribution < 1.29 is 19.1 Å². The van der Waals surface area contributed by atoms with Gasteiger partial charge in [-0.3, -0.25) is 9.59 Å². The quantitative estimate of drug-likeness (QED) is 0.695. The molecule has 0 fully saturated rings. The Morgan fingerprint density at radius 3 is 2.25 bits per heavy atom. The van der Waals surface area contributed by atoms with E-state index in [9.17, 15) is 9.59 Å². The number of ether oxygens (including phenoxy) is 2. The van der Waals surface area contributed by atoms with E-state index in [1.54, 1.807) is 0 Å². The van der Waals surface area contributed by atoms with E-state index in [1.165, 1.54) is 5.56 Å². The van der Waals surface area contributed by atoms with Gasteiger partial charge in [-0.2, -0.15) is 0 Å². The normalized spacial score (nSPS) is 12.1. The fraction of sp³-hybridized carbons (Fsp3) is 0.391. The van der Waals surface area contributed by atoms with Gasteiger partial charge in [-0.05, 0) is 35.6 Å². The SMILES string of the molecule is CC(NC(=O)COC(=O)CCOc1ccc(C(C)(C)C)cc1)c1ccccc1. The second kappa shape index (κ2) is 9.93. The zero-order chi connectivity index (χ0) is 20.6. The summed E-state index contributed by atoms with van der Waals surface area (Å²) >= 11 is 0. The van der Waals surface area contributed by atoms with Crippen LogP contribution in [0.15, 0.2) is 54.6 Å². The monoisotopic (exact) mass is 383 g/mol. The van der Waals surface area contributed by atoms with Crippen LogP contribution in [0, 0.1) is 0 Å². The van der Waals surface area contributed by atoms with Crippen molar-refractivity contribution in [3.8, 4) is 5.75 Å². The minimum absolute atomic E-state index is 0.0842. The second-order valence-electron chi connectivity index (χ2n) is 7.73. The first-order chi connectivity index (χ1) is 13.3. The fourth-order valence-corrected chi connectivity index (χ4v) is 2.63. The molecule has 0 radical (unpaired) electrons. The molecule has 0 heterocycles. The van der Waals surface area contributed by atoms with Gasteiger partial charge >= 0.3 is 5.97 Å². The molecule has 1 N–H and O–H groups in total. The average Bonchev–Trinajstić information content (AvgIpc) is 2.67. The van der Waals surface area contributed by atoms with Gasteiger partial charge in [0.1, 0.15) is 5.75 Å². The Labute approximate surface area is 167 Å². The molecule has 2 aromatic rings. The van der Waals surface area contributed by atoms with Gasteiger partial charge in [0, 0.05) is 0 Å². The van der Waals surface area contributed by atoms with Crippen LogP contribution in [-0.4, -0.2) is 25.1 Å². The Hall–Kier alpha value is -2.82. The number of hydrogen-bond donors (Lipinski definition) is 1. The lowest BCUT2D eigenvalue weighted by Gasteiger charge is -2.19. The largest absolute Gasteiger partial charge is 0.493 e. The Morgan fingerprint density at radius 1 is 1.00 bits per heavy atom. The summed E-state index contributed by atoms with van der Waals surface area (Å²) in [5, 5.41) is 2.80. The molecule has 5 nitrogen and oxygen atoms in total. The molecular weight excluding hydrogens is 354 g/mol. The molecule has 0 aliphatic carbocycles. The van der Waals surface area contributed by atoms with Crippen molar-refractivity contribution in [2.24, 2.45) is 0 Å². The standard InChI is InChI=1S/C23H29NO4/c1-17(18-8-6-5-7-9-18)24-21(25)16-28-22(26)14-15-27-20-12-10-19(11-13-20)23(2,3)4/h5-13,17H,14-16H2,1-4H3,(H,24,25). The van der Waals surface area contributed by atoms with Crippen LogP contribution in [0.3, 0.4) is 0 Å². The van der Waals surface area contributed by atoms with Gasteiger partial charge in [0.05, 0.1) is 19.1 Å². The lowest BCUT2D eigenvalue weighted by molar-refractivity contribution is -0.149. The van der Waals surface area contributed by atoms with Gasteiger partial charge in [0.15, 0.2) is 6.61 Å². The number of rotatable bonds is 8. The third-order valence-corrected chi connectivity index (χ3v) is 4.34. The molecule has 0 aliphatic heterocycles. The van der Waals surface area contributed by atoms with Crippen LogP contribution in [0.25, 0.3) is 0 Å². The van der Waals surface area contributed by atoms with Crippen LogP contribution in [0.1, 0.15) is 51.3 Å². The molecule has 1 amide bonds. The summed E-state index contributed by atoms with van der Waals surface area (Å²) < 4.78 is 10.6. The third-order valence-electron chi connectivity index (χ3n) is 4.34. The molecule has 1 atom stereocenters. The molecule has 0 aliphatic rings. The van der Waals surface area contributed by atoms with Gasteiger partial charge in [-0.1, -0.05) is 63.2 Å². The third kappa shape index (κ3) is 7.06. The van der Waals surface area contributed by atoms with Crippen molar-refractivity contribution in [2.45, 2.75) is 45.6 Å². The summed E-state index contributed by atoms with van der Waals surface area (Å²) in [4.78, 5) is 23.7. The summed E-state index contributed by atoms with van der Waals surface area (Å²) in [5.74, 6) is -0.0903. The van der Waals surface area contributed by atoms with Crippen molar-refractivity contribution >= 4 is 11.9 Å². The zero-order valence-corrected chi connectivity index (χ0v) is 17.0. The summed E-state index contributed by atoms with van der Waals surface area (Å²) in [6.45, 7) is 8.24. The Morgan fingerprint density at radius 2 is 1.64 bits per heavy atom. The molecule has 0 aromatic heterocycles. The van der Waals surface area contributed by atoms with E-state index in [0.29, 0.717) is 5.75 Å². The highest BCUT2D eigenvalue weighted by molar-refractivity contribution is 5.80. The van der Waals surface area contributed by atoms with Crippen molar-refractivity contribution in [3.05, 3.63) is 65.7 Å². The highest BCUT2D eigenvalue weighted by Crippen LogP contribution is 2.24. The summed E-state index contributed by atoms with van der Waals surface area (Å²) in [5.41, 5.74) is 2.30. The molecule has 1 unspecified atom stereocenters. The van der Waals surface area contributed by atoms with E-state index in [0.717, 1.165) is 5.56 Å². The van der Waals surface area contributed by atoms with Crippen molar-refractivity contribution in [2.75, 3.05) is 13.2 Å². The van der Waals surface area contributed by atoms with Crippen molar-refractivity contribution in [1.29, 1.82) is 0 Å². The van der Waals surface area contributed by atoms with Gasteiger partial charge in [-0.25, -0.2) is 0 Å². The Bertz CT molecular complexity index is 763. The van der Waals surface area contributed by atoms with Gasteiger partial charge in [0.25, 0.3) is 5.91 Å². The molecule has 150 valence electrons. The van der Waals surface area contributed by atoms with E-state index in [1.807, 2.05) is 61.5 Å². The number of amides is 1. The number of esters is 1. The molecule has 2 rings (SSSR count). The summed E-state index contributed by atoms with van der Waals surface area (Å²) in [6, 6.07) is 17.3. The van der Waals surface area contributed by atoms with Crippen LogP contribution in [0.2, 0.25) is 0 Å². The van der Waals surface area contributed by atoms with Gasteiger partial charge < -0.3 is 14.8 Å². The molecule has 0 spiro atoms. The van der Waals surface area contributed by atoms with Gasteiger partial charge in [-0.15, -0.1) is 0 Å². The number of hydrogen-bond acceptors (Lipinski definition) is 4. The van der Waals surface area contributed by atoms with Crippen molar-refractivity contribution in [1.82, 2.24) is 5.32 Å². The smallest absolute Gasteiger partial charge is 0.309 e.